The average molecular weight is 387 g/mol. The first kappa shape index (κ1) is 18.5. The molecule has 1 saturated carbocycles. The third kappa shape index (κ3) is 4.17. The van der Waals surface area contributed by atoms with E-state index in [-0.39, 0.29) is 17.8 Å². The van der Waals surface area contributed by atoms with E-state index in [0.717, 1.165) is 55.9 Å². The van der Waals surface area contributed by atoms with Crippen LogP contribution in [0.3, 0.4) is 0 Å². The van der Waals surface area contributed by atoms with Crippen molar-refractivity contribution in [1.82, 2.24) is 10.2 Å². The van der Waals surface area contributed by atoms with Crippen LogP contribution in [-0.2, 0) is 16.8 Å². The molecule has 0 aromatic heterocycles. The van der Waals surface area contributed by atoms with Gasteiger partial charge in [-0.25, -0.2) is 4.39 Å². The highest BCUT2D eigenvalue weighted by Crippen LogP contribution is 2.48. The van der Waals surface area contributed by atoms with Gasteiger partial charge in [-0.05, 0) is 61.1 Å². The lowest BCUT2D eigenvalue weighted by Crippen LogP contribution is -2.47. The summed E-state index contributed by atoms with van der Waals surface area (Å²) in [6.45, 7) is 2.85. The standard InChI is InChI=1S/C22H24ClFN2O/c23-18-5-1-16(2-6-18)15-26-13-9-20(10-14-26)25-21(27)22(11-12-22)17-3-7-19(24)8-4-17/h1-8,20H,9-15H2,(H,25,27). The van der Waals surface area contributed by atoms with Crippen molar-refractivity contribution in [3.63, 3.8) is 0 Å². The van der Waals surface area contributed by atoms with Crippen molar-refractivity contribution in [3.05, 3.63) is 70.5 Å². The topological polar surface area (TPSA) is 32.3 Å². The Kier molecular flexibility index (Phi) is 5.20. The van der Waals surface area contributed by atoms with Gasteiger partial charge in [0.2, 0.25) is 5.91 Å². The molecule has 4 rings (SSSR count). The molecular weight excluding hydrogens is 363 g/mol. The summed E-state index contributed by atoms with van der Waals surface area (Å²) in [7, 11) is 0. The summed E-state index contributed by atoms with van der Waals surface area (Å²) in [5.74, 6) is -0.159. The third-order valence-corrected chi connectivity index (χ3v) is 6.08. The van der Waals surface area contributed by atoms with Gasteiger partial charge in [0.05, 0.1) is 5.41 Å². The Balaban J connectivity index is 1.29. The molecule has 1 aliphatic carbocycles. The van der Waals surface area contributed by atoms with Crippen molar-refractivity contribution in [2.24, 2.45) is 0 Å². The quantitative estimate of drug-likeness (QED) is 0.831. The molecular formula is C22H24ClFN2O. The maximum Gasteiger partial charge on any atom is 0.230 e. The zero-order valence-electron chi connectivity index (χ0n) is 15.3. The van der Waals surface area contributed by atoms with E-state index in [0.29, 0.717) is 0 Å². The van der Waals surface area contributed by atoms with Crippen molar-refractivity contribution >= 4 is 17.5 Å². The van der Waals surface area contributed by atoms with Gasteiger partial charge in [-0.2, -0.15) is 0 Å². The zero-order chi connectivity index (χ0) is 18.9. The summed E-state index contributed by atoms with van der Waals surface area (Å²) in [6.07, 6.45) is 3.61. The van der Waals surface area contributed by atoms with Crippen molar-refractivity contribution in [2.45, 2.75) is 43.7 Å². The summed E-state index contributed by atoms with van der Waals surface area (Å²) in [6, 6.07) is 14.6. The average Bonchev–Trinajstić information content (AvgIpc) is 3.48. The van der Waals surface area contributed by atoms with Crippen molar-refractivity contribution in [3.8, 4) is 0 Å². The molecule has 2 fully saturated rings. The molecule has 1 heterocycles. The number of halogens is 2. The predicted molar refractivity (Wildman–Crippen MR) is 105 cm³/mol. The van der Waals surface area contributed by atoms with Crippen LogP contribution in [0.5, 0.6) is 0 Å². The number of nitrogens with zero attached hydrogens (tertiary/aromatic N) is 1. The molecule has 1 amide bonds. The summed E-state index contributed by atoms with van der Waals surface area (Å²) in [4.78, 5) is 15.3. The number of amides is 1. The number of likely N-dealkylation sites (tertiary alicyclic amines) is 1. The van der Waals surface area contributed by atoms with Crippen LogP contribution in [0.1, 0.15) is 36.8 Å². The molecule has 27 heavy (non-hydrogen) atoms. The fourth-order valence-electron chi connectivity index (χ4n) is 3.95. The molecule has 0 radical (unpaired) electrons. The molecule has 2 aromatic carbocycles. The van der Waals surface area contributed by atoms with Gasteiger partial charge in [-0.1, -0.05) is 35.9 Å². The summed E-state index contributed by atoms with van der Waals surface area (Å²) in [5.41, 5.74) is 1.76. The lowest BCUT2D eigenvalue weighted by Gasteiger charge is -2.33. The Morgan fingerprint density at radius 3 is 2.30 bits per heavy atom. The molecule has 3 nitrogen and oxygen atoms in total. The van der Waals surface area contributed by atoms with E-state index in [9.17, 15) is 9.18 Å². The van der Waals surface area contributed by atoms with Crippen LogP contribution in [0.25, 0.3) is 0 Å². The van der Waals surface area contributed by atoms with E-state index >= 15 is 0 Å². The Morgan fingerprint density at radius 2 is 1.70 bits per heavy atom. The van der Waals surface area contributed by atoms with Gasteiger partial charge in [0.1, 0.15) is 5.82 Å². The highest BCUT2D eigenvalue weighted by atomic mass is 35.5. The van der Waals surface area contributed by atoms with Crippen LogP contribution in [0.15, 0.2) is 48.5 Å². The van der Waals surface area contributed by atoms with Crippen LogP contribution < -0.4 is 5.32 Å². The van der Waals surface area contributed by atoms with Gasteiger partial charge in [0, 0.05) is 30.7 Å². The number of piperidine rings is 1. The lowest BCUT2D eigenvalue weighted by molar-refractivity contribution is -0.124. The van der Waals surface area contributed by atoms with E-state index in [1.165, 1.54) is 17.7 Å². The van der Waals surface area contributed by atoms with Crippen LogP contribution in [0.4, 0.5) is 4.39 Å². The molecule has 1 aliphatic heterocycles. The minimum absolute atomic E-state index is 0.102. The minimum Gasteiger partial charge on any atom is -0.353 e. The molecule has 2 aliphatic rings. The highest BCUT2D eigenvalue weighted by Gasteiger charge is 2.51. The normalized spacial score (nSPS) is 19.6. The number of carbonyl (C=O) groups is 1. The van der Waals surface area contributed by atoms with Crippen molar-refractivity contribution in [1.29, 1.82) is 0 Å². The molecule has 1 N–H and O–H groups in total. The monoisotopic (exact) mass is 386 g/mol. The SMILES string of the molecule is O=C(NC1CCN(Cc2ccc(Cl)cc2)CC1)C1(c2ccc(F)cc2)CC1. The first-order chi connectivity index (χ1) is 13.0. The van der Waals surface area contributed by atoms with Crippen LogP contribution in [0.2, 0.25) is 5.02 Å². The second-order valence-corrected chi connectivity index (χ2v) is 8.18. The number of rotatable bonds is 5. The van der Waals surface area contributed by atoms with E-state index in [4.69, 9.17) is 11.6 Å². The fraction of sp³-hybridized carbons (Fsp3) is 0.409. The first-order valence-corrected chi connectivity index (χ1v) is 9.97. The van der Waals surface area contributed by atoms with Gasteiger partial charge in [-0.3, -0.25) is 9.69 Å². The largest absolute Gasteiger partial charge is 0.353 e. The molecule has 142 valence electrons. The summed E-state index contributed by atoms with van der Waals surface area (Å²) in [5, 5.41) is 4.01. The number of hydrogen-bond donors (Lipinski definition) is 1. The van der Waals surface area contributed by atoms with Gasteiger partial charge in [-0.15, -0.1) is 0 Å². The summed E-state index contributed by atoms with van der Waals surface area (Å²) >= 11 is 5.94. The Morgan fingerprint density at radius 1 is 1.07 bits per heavy atom. The third-order valence-electron chi connectivity index (χ3n) is 5.82. The van der Waals surface area contributed by atoms with Crippen LogP contribution in [0, 0.1) is 5.82 Å². The molecule has 0 unspecified atom stereocenters. The summed E-state index contributed by atoms with van der Waals surface area (Å²) < 4.78 is 13.2. The number of carbonyl (C=O) groups excluding carboxylic acids is 1. The second-order valence-electron chi connectivity index (χ2n) is 7.74. The minimum atomic E-state index is -0.436. The molecule has 2 aromatic rings. The first-order valence-electron chi connectivity index (χ1n) is 9.59. The lowest BCUT2D eigenvalue weighted by atomic mass is 9.93. The van der Waals surface area contributed by atoms with Gasteiger partial charge in [0.25, 0.3) is 0 Å². The number of nitrogens with one attached hydrogen (secondary N) is 1. The van der Waals surface area contributed by atoms with Crippen molar-refractivity contribution in [2.75, 3.05) is 13.1 Å². The Hall–Kier alpha value is -1.91. The molecule has 0 bridgehead atoms. The molecule has 0 atom stereocenters. The highest BCUT2D eigenvalue weighted by molar-refractivity contribution is 6.30. The van der Waals surface area contributed by atoms with Gasteiger partial charge >= 0.3 is 0 Å². The van der Waals surface area contributed by atoms with Gasteiger partial charge in [0.15, 0.2) is 0 Å². The van der Waals surface area contributed by atoms with E-state index in [2.05, 4.69) is 22.3 Å². The Labute approximate surface area is 164 Å². The smallest absolute Gasteiger partial charge is 0.230 e. The predicted octanol–water partition coefficient (Wildman–Crippen LogP) is 4.29. The zero-order valence-corrected chi connectivity index (χ0v) is 16.0. The molecule has 5 heteroatoms. The van der Waals surface area contributed by atoms with Crippen molar-refractivity contribution < 1.29 is 9.18 Å². The number of hydrogen-bond acceptors (Lipinski definition) is 2. The van der Waals surface area contributed by atoms with Crippen LogP contribution >= 0.6 is 11.6 Å². The maximum atomic E-state index is 13.2. The Bertz CT molecular complexity index is 794. The van der Waals surface area contributed by atoms with E-state index < -0.39 is 5.41 Å². The number of benzene rings is 2. The fourth-order valence-corrected chi connectivity index (χ4v) is 4.07. The maximum absolute atomic E-state index is 13.2. The molecule has 1 saturated heterocycles. The van der Waals surface area contributed by atoms with Crippen LogP contribution in [-0.4, -0.2) is 29.9 Å². The molecule has 0 spiro atoms. The second kappa shape index (κ2) is 7.61. The van der Waals surface area contributed by atoms with E-state index in [1.807, 2.05) is 12.1 Å². The van der Waals surface area contributed by atoms with Gasteiger partial charge < -0.3 is 5.32 Å². The van der Waals surface area contributed by atoms with E-state index in [1.54, 1.807) is 12.1 Å².